The number of hydrogen-bond acceptors (Lipinski definition) is 3. The summed E-state index contributed by atoms with van der Waals surface area (Å²) in [6.45, 7) is 1.40. The fraction of sp³-hybridized carbons (Fsp3) is 0.200. The van der Waals surface area contributed by atoms with Gasteiger partial charge in [0.1, 0.15) is 18.1 Å². The molecule has 0 N–H and O–H groups in total. The van der Waals surface area contributed by atoms with Crippen molar-refractivity contribution in [3.8, 4) is 11.5 Å². The van der Waals surface area contributed by atoms with Crippen LogP contribution in [0.25, 0.3) is 0 Å². The SMILES string of the molecule is c1ccc(COc2ccc3c(c2)SCCO3)cc1. The van der Waals surface area contributed by atoms with Crippen LogP contribution in [0.2, 0.25) is 0 Å². The van der Waals surface area contributed by atoms with Gasteiger partial charge in [0.15, 0.2) is 0 Å². The molecule has 0 saturated carbocycles. The van der Waals surface area contributed by atoms with E-state index in [1.807, 2.05) is 42.1 Å². The average Bonchev–Trinajstić information content (AvgIpc) is 2.46. The third-order valence-corrected chi connectivity index (χ3v) is 3.76. The molecule has 2 nitrogen and oxygen atoms in total. The molecule has 1 aliphatic rings. The quantitative estimate of drug-likeness (QED) is 0.835. The third-order valence-electron chi connectivity index (χ3n) is 2.76. The van der Waals surface area contributed by atoms with Gasteiger partial charge in [-0.3, -0.25) is 0 Å². The highest BCUT2D eigenvalue weighted by molar-refractivity contribution is 7.99. The van der Waals surface area contributed by atoms with Crippen molar-refractivity contribution in [2.24, 2.45) is 0 Å². The summed E-state index contributed by atoms with van der Waals surface area (Å²) < 4.78 is 11.4. The molecule has 18 heavy (non-hydrogen) atoms. The molecule has 1 aliphatic heterocycles. The van der Waals surface area contributed by atoms with Crippen LogP contribution < -0.4 is 9.47 Å². The predicted molar refractivity (Wildman–Crippen MR) is 73.4 cm³/mol. The van der Waals surface area contributed by atoms with Crippen LogP contribution in [-0.2, 0) is 6.61 Å². The van der Waals surface area contributed by atoms with Gasteiger partial charge in [0.2, 0.25) is 0 Å². The Balaban J connectivity index is 1.70. The molecule has 0 saturated heterocycles. The number of ether oxygens (including phenoxy) is 2. The van der Waals surface area contributed by atoms with Crippen LogP contribution in [0.1, 0.15) is 5.56 Å². The van der Waals surface area contributed by atoms with E-state index in [-0.39, 0.29) is 0 Å². The van der Waals surface area contributed by atoms with Crippen molar-refractivity contribution < 1.29 is 9.47 Å². The zero-order chi connectivity index (χ0) is 12.2. The molecule has 1 heterocycles. The lowest BCUT2D eigenvalue weighted by molar-refractivity contribution is 0.300. The Morgan fingerprint density at radius 1 is 1.11 bits per heavy atom. The maximum absolute atomic E-state index is 5.79. The summed E-state index contributed by atoms with van der Waals surface area (Å²) in [5.74, 6) is 2.88. The largest absolute Gasteiger partial charge is 0.492 e. The third kappa shape index (κ3) is 2.62. The minimum absolute atomic E-state index is 0.602. The van der Waals surface area contributed by atoms with Crippen LogP contribution >= 0.6 is 11.8 Å². The lowest BCUT2D eigenvalue weighted by Crippen LogP contribution is -2.06. The summed E-state index contributed by atoms with van der Waals surface area (Å²) in [6.07, 6.45) is 0. The molecular weight excluding hydrogens is 244 g/mol. The zero-order valence-corrected chi connectivity index (χ0v) is 10.8. The summed E-state index contributed by atoms with van der Waals surface area (Å²) in [6, 6.07) is 16.2. The lowest BCUT2D eigenvalue weighted by atomic mass is 10.2. The van der Waals surface area contributed by atoms with Gasteiger partial charge in [0, 0.05) is 5.75 Å². The number of rotatable bonds is 3. The molecule has 0 atom stereocenters. The van der Waals surface area contributed by atoms with Crippen LogP contribution in [0.4, 0.5) is 0 Å². The summed E-state index contributed by atoms with van der Waals surface area (Å²) in [5.41, 5.74) is 1.18. The maximum Gasteiger partial charge on any atom is 0.133 e. The Hall–Kier alpha value is -1.61. The highest BCUT2D eigenvalue weighted by Crippen LogP contribution is 2.35. The smallest absolute Gasteiger partial charge is 0.133 e. The highest BCUT2D eigenvalue weighted by Gasteiger charge is 2.11. The molecule has 2 aromatic carbocycles. The van der Waals surface area contributed by atoms with E-state index in [1.54, 1.807) is 0 Å². The first-order chi connectivity index (χ1) is 8.92. The Bertz CT molecular complexity index is 525. The van der Waals surface area contributed by atoms with Crippen LogP contribution in [0.3, 0.4) is 0 Å². The van der Waals surface area contributed by atoms with E-state index in [1.165, 1.54) is 10.5 Å². The molecule has 0 aliphatic carbocycles. The first kappa shape index (κ1) is 11.5. The van der Waals surface area contributed by atoms with E-state index in [4.69, 9.17) is 9.47 Å². The van der Waals surface area contributed by atoms with Crippen molar-refractivity contribution in [1.29, 1.82) is 0 Å². The van der Waals surface area contributed by atoms with Gasteiger partial charge in [-0.1, -0.05) is 30.3 Å². The Morgan fingerprint density at radius 3 is 2.89 bits per heavy atom. The van der Waals surface area contributed by atoms with Crippen LogP contribution in [0.15, 0.2) is 53.4 Å². The molecule has 0 spiro atoms. The van der Waals surface area contributed by atoms with Gasteiger partial charge in [0.05, 0.1) is 11.5 Å². The number of benzene rings is 2. The van der Waals surface area contributed by atoms with Gasteiger partial charge in [-0.25, -0.2) is 0 Å². The molecule has 0 fully saturated rings. The molecule has 92 valence electrons. The summed E-state index contributed by atoms with van der Waals surface area (Å²) in [7, 11) is 0. The number of fused-ring (bicyclic) bond motifs is 1. The molecule has 0 aromatic heterocycles. The van der Waals surface area contributed by atoms with Gasteiger partial charge >= 0.3 is 0 Å². The summed E-state index contributed by atoms with van der Waals surface area (Å²) in [5, 5.41) is 0. The van der Waals surface area contributed by atoms with Crippen molar-refractivity contribution in [1.82, 2.24) is 0 Å². The summed E-state index contributed by atoms with van der Waals surface area (Å²) in [4.78, 5) is 1.17. The van der Waals surface area contributed by atoms with E-state index in [0.29, 0.717) is 6.61 Å². The van der Waals surface area contributed by atoms with E-state index >= 15 is 0 Å². The van der Waals surface area contributed by atoms with E-state index in [9.17, 15) is 0 Å². The maximum atomic E-state index is 5.79. The monoisotopic (exact) mass is 258 g/mol. The number of hydrogen-bond donors (Lipinski definition) is 0. The topological polar surface area (TPSA) is 18.5 Å². The van der Waals surface area contributed by atoms with E-state index in [0.717, 1.165) is 23.9 Å². The average molecular weight is 258 g/mol. The minimum Gasteiger partial charge on any atom is -0.492 e. The molecule has 3 rings (SSSR count). The highest BCUT2D eigenvalue weighted by atomic mass is 32.2. The Morgan fingerprint density at radius 2 is 2.00 bits per heavy atom. The second-order valence-corrected chi connectivity index (χ2v) is 5.22. The lowest BCUT2D eigenvalue weighted by Gasteiger charge is -2.17. The van der Waals surface area contributed by atoms with Gasteiger partial charge in [0.25, 0.3) is 0 Å². The van der Waals surface area contributed by atoms with E-state index in [2.05, 4.69) is 18.2 Å². The van der Waals surface area contributed by atoms with Gasteiger partial charge < -0.3 is 9.47 Å². The molecule has 2 aromatic rings. The second-order valence-electron chi connectivity index (χ2n) is 4.08. The Labute approximate surface area is 111 Å². The van der Waals surface area contributed by atoms with E-state index < -0.39 is 0 Å². The van der Waals surface area contributed by atoms with Gasteiger partial charge in [-0.05, 0) is 23.8 Å². The molecular formula is C15H14O2S. The fourth-order valence-corrected chi connectivity index (χ4v) is 2.71. The summed E-state index contributed by atoms with van der Waals surface area (Å²) >= 11 is 1.82. The van der Waals surface area contributed by atoms with Gasteiger partial charge in [-0.2, -0.15) is 0 Å². The van der Waals surface area contributed by atoms with Crippen molar-refractivity contribution >= 4 is 11.8 Å². The fourth-order valence-electron chi connectivity index (χ4n) is 1.85. The predicted octanol–water partition coefficient (Wildman–Crippen LogP) is 3.75. The first-order valence-corrected chi connectivity index (χ1v) is 6.97. The molecule has 0 bridgehead atoms. The molecule has 3 heteroatoms. The van der Waals surface area contributed by atoms with Crippen LogP contribution in [-0.4, -0.2) is 12.4 Å². The number of thioether (sulfide) groups is 1. The molecule has 0 unspecified atom stereocenters. The minimum atomic E-state index is 0.602. The van der Waals surface area contributed by atoms with Crippen molar-refractivity contribution in [3.63, 3.8) is 0 Å². The first-order valence-electron chi connectivity index (χ1n) is 5.98. The van der Waals surface area contributed by atoms with Crippen LogP contribution in [0, 0.1) is 0 Å². The van der Waals surface area contributed by atoms with Crippen molar-refractivity contribution in [3.05, 3.63) is 54.1 Å². The van der Waals surface area contributed by atoms with Crippen LogP contribution in [0.5, 0.6) is 11.5 Å². The zero-order valence-electron chi connectivity index (χ0n) is 9.96. The van der Waals surface area contributed by atoms with Crippen molar-refractivity contribution in [2.45, 2.75) is 11.5 Å². The molecule has 0 amide bonds. The Kier molecular flexibility index (Phi) is 3.42. The standard InChI is InChI=1S/C15H14O2S/c1-2-4-12(5-3-1)11-17-13-6-7-14-15(10-13)18-9-8-16-14/h1-7,10H,8-9,11H2. The van der Waals surface area contributed by atoms with Gasteiger partial charge in [-0.15, -0.1) is 11.8 Å². The second kappa shape index (κ2) is 5.36. The normalized spacial score (nSPS) is 13.6. The molecule has 0 radical (unpaired) electrons. The van der Waals surface area contributed by atoms with Crippen molar-refractivity contribution in [2.75, 3.05) is 12.4 Å².